The first kappa shape index (κ1) is 17.1. The molecule has 0 unspecified atom stereocenters. The molecule has 0 bridgehead atoms. The quantitative estimate of drug-likeness (QED) is 0.874. The average molecular weight is 325 g/mol. The van der Waals surface area contributed by atoms with Crippen LogP contribution in [0.3, 0.4) is 0 Å². The van der Waals surface area contributed by atoms with Crippen LogP contribution in [-0.2, 0) is 4.79 Å². The number of nitrogens with one attached hydrogen (secondary N) is 1. The predicted molar refractivity (Wildman–Crippen MR) is 89.5 cm³/mol. The van der Waals surface area contributed by atoms with Gasteiger partial charge in [-0.3, -0.25) is 4.79 Å². The van der Waals surface area contributed by atoms with Crippen LogP contribution in [0.25, 0.3) is 0 Å². The molecule has 0 atom stereocenters. The first-order valence-electron chi connectivity index (χ1n) is 7.92. The summed E-state index contributed by atoms with van der Waals surface area (Å²) in [5, 5.41) is 3.62. The Kier molecular flexibility index (Phi) is 6.09. The van der Waals surface area contributed by atoms with E-state index in [2.05, 4.69) is 10.2 Å². The molecule has 0 aliphatic carbocycles. The summed E-state index contributed by atoms with van der Waals surface area (Å²) >= 11 is 5.85. The normalized spacial score (nSPS) is 16.3. The molecule has 22 heavy (non-hydrogen) atoms. The number of hydrogen-bond acceptors (Lipinski definition) is 3. The van der Waals surface area contributed by atoms with Crippen LogP contribution >= 0.6 is 11.6 Å². The molecule has 4 nitrogen and oxygen atoms in total. The fraction of sp³-hybridized carbons (Fsp3) is 0.588. The molecule has 1 heterocycles. The van der Waals surface area contributed by atoms with Crippen molar-refractivity contribution in [2.24, 2.45) is 0 Å². The van der Waals surface area contributed by atoms with Crippen molar-refractivity contribution in [3.8, 4) is 5.75 Å². The molecular formula is C17H25ClN2O2. The molecule has 1 amide bonds. The summed E-state index contributed by atoms with van der Waals surface area (Å²) in [6.07, 6.45) is 3.85. The van der Waals surface area contributed by atoms with E-state index in [-0.39, 0.29) is 5.91 Å². The molecule has 1 aromatic carbocycles. The van der Waals surface area contributed by atoms with E-state index >= 15 is 0 Å². The zero-order valence-electron chi connectivity index (χ0n) is 13.4. The van der Waals surface area contributed by atoms with Gasteiger partial charge in [0.25, 0.3) is 5.91 Å². The first-order valence-corrected chi connectivity index (χ1v) is 8.30. The lowest BCUT2D eigenvalue weighted by Gasteiger charge is -2.28. The van der Waals surface area contributed by atoms with Crippen LogP contribution in [0.5, 0.6) is 5.75 Å². The number of amides is 1. The van der Waals surface area contributed by atoms with Crippen molar-refractivity contribution < 1.29 is 9.53 Å². The molecule has 0 radical (unpaired) electrons. The second-order valence-corrected chi connectivity index (χ2v) is 6.66. The monoisotopic (exact) mass is 324 g/mol. The third kappa shape index (κ3) is 5.18. The van der Waals surface area contributed by atoms with Crippen molar-refractivity contribution in [3.63, 3.8) is 0 Å². The molecule has 1 fully saturated rings. The SMILES string of the molecule is CC(C)(Oc1ccc(Cl)cc1)C(=O)NCCN1CCCCC1. The Balaban J connectivity index is 1.78. The molecule has 5 heteroatoms. The van der Waals surface area contributed by atoms with Crippen LogP contribution in [0, 0.1) is 0 Å². The number of rotatable bonds is 6. The van der Waals surface area contributed by atoms with Crippen molar-refractivity contribution in [1.82, 2.24) is 10.2 Å². The number of likely N-dealkylation sites (tertiary alicyclic amines) is 1. The second kappa shape index (κ2) is 7.84. The molecule has 0 aromatic heterocycles. The zero-order valence-corrected chi connectivity index (χ0v) is 14.2. The first-order chi connectivity index (χ1) is 10.5. The average Bonchev–Trinajstić information content (AvgIpc) is 2.50. The van der Waals surface area contributed by atoms with Gasteiger partial charge in [0, 0.05) is 18.1 Å². The minimum absolute atomic E-state index is 0.0977. The second-order valence-electron chi connectivity index (χ2n) is 6.22. The molecule has 0 saturated carbocycles. The highest BCUT2D eigenvalue weighted by Crippen LogP contribution is 2.21. The number of carbonyl (C=O) groups excluding carboxylic acids is 1. The third-order valence-electron chi connectivity index (χ3n) is 3.90. The van der Waals surface area contributed by atoms with E-state index in [1.807, 2.05) is 0 Å². The van der Waals surface area contributed by atoms with Gasteiger partial charge in [-0.15, -0.1) is 0 Å². The van der Waals surface area contributed by atoms with Gasteiger partial charge in [0.15, 0.2) is 5.60 Å². The van der Waals surface area contributed by atoms with E-state index in [1.165, 1.54) is 19.3 Å². The summed E-state index contributed by atoms with van der Waals surface area (Å²) in [5.41, 5.74) is -0.907. The van der Waals surface area contributed by atoms with Gasteiger partial charge in [0.05, 0.1) is 0 Å². The number of hydrogen-bond donors (Lipinski definition) is 1. The Labute approximate surface area is 137 Å². The molecule has 2 rings (SSSR count). The van der Waals surface area contributed by atoms with Crippen LogP contribution < -0.4 is 10.1 Å². The molecule has 1 saturated heterocycles. The van der Waals surface area contributed by atoms with Crippen LogP contribution in [0.15, 0.2) is 24.3 Å². The van der Waals surface area contributed by atoms with Crippen LogP contribution in [0.2, 0.25) is 5.02 Å². The molecule has 1 aromatic rings. The number of piperidine rings is 1. The van der Waals surface area contributed by atoms with Crippen molar-refractivity contribution in [2.45, 2.75) is 38.7 Å². The van der Waals surface area contributed by atoms with E-state index in [0.29, 0.717) is 17.3 Å². The largest absolute Gasteiger partial charge is 0.478 e. The predicted octanol–water partition coefficient (Wildman–Crippen LogP) is 3.10. The van der Waals surface area contributed by atoms with E-state index in [1.54, 1.807) is 38.1 Å². The van der Waals surface area contributed by atoms with Gasteiger partial charge in [0.2, 0.25) is 0 Å². The molecule has 1 N–H and O–H groups in total. The van der Waals surface area contributed by atoms with Crippen molar-refractivity contribution >= 4 is 17.5 Å². The van der Waals surface area contributed by atoms with Gasteiger partial charge < -0.3 is 15.0 Å². The van der Waals surface area contributed by atoms with Gasteiger partial charge in [0.1, 0.15) is 5.75 Å². The van der Waals surface area contributed by atoms with E-state index in [4.69, 9.17) is 16.3 Å². The maximum atomic E-state index is 12.3. The number of halogens is 1. The van der Waals surface area contributed by atoms with Gasteiger partial charge in [-0.25, -0.2) is 0 Å². The molecule has 1 aliphatic rings. The fourth-order valence-electron chi connectivity index (χ4n) is 2.57. The molecule has 1 aliphatic heterocycles. The lowest BCUT2D eigenvalue weighted by molar-refractivity contribution is -0.134. The van der Waals surface area contributed by atoms with E-state index in [9.17, 15) is 4.79 Å². The number of ether oxygens (including phenoxy) is 1. The van der Waals surface area contributed by atoms with E-state index < -0.39 is 5.60 Å². The van der Waals surface area contributed by atoms with E-state index in [0.717, 1.165) is 19.6 Å². The minimum Gasteiger partial charge on any atom is -0.478 e. The van der Waals surface area contributed by atoms with Crippen LogP contribution in [0.1, 0.15) is 33.1 Å². The third-order valence-corrected chi connectivity index (χ3v) is 4.15. The maximum Gasteiger partial charge on any atom is 0.263 e. The van der Waals surface area contributed by atoms with Crippen molar-refractivity contribution in [1.29, 1.82) is 0 Å². The number of nitrogens with zero attached hydrogens (tertiary/aromatic N) is 1. The Bertz CT molecular complexity index is 482. The molecule has 122 valence electrons. The Hall–Kier alpha value is -1.26. The standard InChI is InChI=1S/C17H25ClN2O2/c1-17(2,22-15-8-6-14(18)7-9-15)16(21)19-10-13-20-11-4-3-5-12-20/h6-9H,3-5,10-13H2,1-2H3,(H,19,21). The van der Waals surface area contributed by atoms with Gasteiger partial charge in [-0.2, -0.15) is 0 Å². The van der Waals surface area contributed by atoms with Crippen molar-refractivity contribution in [2.75, 3.05) is 26.2 Å². The highest BCUT2D eigenvalue weighted by atomic mass is 35.5. The zero-order chi connectivity index (χ0) is 16.0. The Morgan fingerprint density at radius 1 is 1.23 bits per heavy atom. The number of benzene rings is 1. The fourth-order valence-corrected chi connectivity index (χ4v) is 2.69. The Morgan fingerprint density at radius 2 is 1.86 bits per heavy atom. The van der Waals surface area contributed by atoms with Gasteiger partial charge in [-0.05, 0) is 64.0 Å². The lowest BCUT2D eigenvalue weighted by atomic mass is 10.1. The summed E-state index contributed by atoms with van der Waals surface area (Å²) in [6, 6.07) is 7.04. The topological polar surface area (TPSA) is 41.6 Å². The molecule has 0 spiro atoms. The highest BCUT2D eigenvalue weighted by Gasteiger charge is 2.29. The minimum atomic E-state index is -0.907. The maximum absolute atomic E-state index is 12.3. The summed E-state index contributed by atoms with van der Waals surface area (Å²) in [7, 11) is 0. The summed E-state index contributed by atoms with van der Waals surface area (Å²) < 4.78 is 5.78. The highest BCUT2D eigenvalue weighted by molar-refractivity contribution is 6.30. The summed E-state index contributed by atoms with van der Waals surface area (Å²) in [6.45, 7) is 7.39. The van der Waals surface area contributed by atoms with Gasteiger partial charge >= 0.3 is 0 Å². The Morgan fingerprint density at radius 3 is 2.50 bits per heavy atom. The van der Waals surface area contributed by atoms with Gasteiger partial charge in [-0.1, -0.05) is 18.0 Å². The summed E-state index contributed by atoms with van der Waals surface area (Å²) in [4.78, 5) is 14.7. The lowest BCUT2D eigenvalue weighted by Crippen LogP contribution is -2.48. The molecular weight excluding hydrogens is 300 g/mol. The summed E-state index contributed by atoms with van der Waals surface area (Å²) in [5.74, 6) is 0.542. The smallest absolute Gasteiger partial charge is 0.263 e. The van der Waals surface area contributed by atoms with Crippen molar-refractivity contribution in [3.05, 3.63) is 29.3 Å². The number of carbonyl (C=O) groups is 1. The van der Waals surface area contributed by atoms with Crippen LogP contribution in [-0.4, -0.2) is 42.6 Å². The van der Waals surface area contributed by atoms with Crippen LogP contribution in [0.4, 0.5) is 0 Å².